The largest absolute Gasteiger partial charge is 0.484 e. The van der Waals surface area contributed by atoms with Gasteiger partial charge < -0.3 is 9.47 Å². The lowest BCUT2D eigenvalue weighted by molar-refractivity contribution is -0.123. The minimum absolute atomic E-state index is 0.284. The van der Waals surface area contributed by atoms with Crippen molar-refractivity contribution in [3.05, 3.63) is 65.2 Å². The quantitative estimate of drug-likeness (QED) is 0.577. The summed E-state index contributed by atoms with van der Waals surface area (Å²) in [5.41, 5.74) is 6.48. The molecule has 0 atom stereocenters. The van der Waals surface area contributed by atoms with Crippen LogP contribution >= 0.6 is 0 Å². The number of hydrazine groups is 1. The average Bonchev–Trinajstić information content (AvgIpc) is 2.69. The molecule has 0 spiro atoms. The monoisotopic (exact) mass is 370 g/mol. The second-order valence-electron chi connectivity index (χ2n) is 5.82. The Labute approximate surface area is 157 Å². The van der Waals surface area contributed by atoms with Crippen molar-refractivity contribution >= 4 is 17.8 Å². The third kappa shape index (κ3) is 6.47. The summed E-state index contributed by atoms with van der Waals surface area (Å²) in [5.74, 6) is -0.915. The number of esters is 1. The number of hydrogen-bond donors (Lipinski definition) is 2. The first-order valence-corrected chi connectivity index (χ1v) is 8.55. The minimum Gasteiger partial charge on any atom is -0.484 e. The molecule has 0 aromatic heterocycles. The molecule has 2 amide bonds. The SMILES string of the molecule is CCCOC(=O)c1ccc(OCC(=O)NNC(=O)c2ccc(C)cc2)cc1. The molecule has 0 saturated heterocycles. The molecule has 0 saturated carbocycles. The molecular weight excluding hydrogens is 348 g/mol. The number of aryl methyl sites for hydroxylation is 1. The number of nitrogens with one attached hydrogen (secondary N) is 2. The molecule has 7 nitrogen and oxygen atoms in total. The van der Waals surface area contributed by atoms with Gasteiger partial charge in [0.2, 0.25) is 0 Å². The fraction of sp³-hybridized carbons (Fsp3) is 0.250. The van der Waals surface area contributed by atoms with Crippen molar-refractivity contribution in [3.63, 3.8) is 0 Å². The number of benzene rings is 2. The lowest BCUT2D eigenvalue weighted by Gasteiger charge is -2.09. The van der Waals surface area contributed by atoms with Crippen LogP contribution in [-0.2, 0) is 9.53 Å². The van der Waals surface area contributed by atoms with Gasteiger partial charge in [0.25, 0.3) is 11.8 Å². The Balaban J connectivity index is 1.75. The van der Waals surface area contributed by atoms with Crippen molar-refractivity contribution in [1.29, 1.82) is 0 Å². The summed E-state index contributed by atoms with van der Waals surface area (Å²) < 4.78 is 10.4. The van der Waals surface area contributed by atoms with Crippen LogP contribution in [0.1, 0.15) is 39.6 Å². The third-order valence-electron chi connectivity index (χ3n) is 3.53. The van der Waals surface area contributed by atoms with Crippen LogP contribution in [0.5, 0.6) is 5.75 Å². The number of rotatable bonds is 7. The molecule has 0 fully saturated rings. The average molecular weight is 370 g/mol. The Kier molecular flexibility index (Phi) is 7.37. The van der Waals surface area contributed by atoms with Gasteiger partial charge in [-0.2, -0.15) is 0 Å². The molecular formula is C20H22N2O5. The molecule has 2 aromatic rings. The zero-order chi connectivity index (χ0) is 19.6. The highest BCUT2D eigenvalue weighted by Gasteiger charge is 2.09. The van der Waals surface area contributed by atoms with Crippen LogP contribution < -0.4 is 15.6 Å². The van der Waals surface area contributed by atoms with Gasteiger partial charge in [0.05, 0.1) is 12.2 Å². The standard InChI is InChI=1S/C20H22N2O5/c1-3-12-26-20(25)16-8-10-17(11-9-16)27-13-18(23)21-22-19(24)15-6-4-14(2)5-7-15/h4-11H,3,12-13H2,1-2H3,(H,21,23)(H,22,24). The number of amides is 2. The molecule has 0 aliphatic rings. The van der Waals surface area contributed by atoms with Gasteiger partial charge in [-0.1, -0.05) is 24.6 Å². The Morgan fingerprint density at radius 1 is 0.889 bits per heavy atom. The van der Waals surface area contributed by atoms with E-state index in [-0.39, 0.29) is 6.61 Å². The second-order valence-corrected chi connectivity index (χ2v) is 5.82. The summed E-state index contributed by atoms with van der Waals surface area (Å²) >= 11 is 0. The van der Waals surface area contributed by atoms with Crippen LogP contribution in [0.4, 0.5) is 0 Å². The van der Waals surface area contributed by atoms with E-state index in [9.17, 15) is 14.4 Å². The van der Waals surface area contributed by atoms with E-state index in [1.54, 1.807) is 36.4 Å². The number of carbonyl (C=O) groups is 3. The number of carbonyl (C=O) groups excluding carboxylic acids is 3. The Bertz CT molecular complexity index is 785. The Hall–Kier alpha value is -3.35. The lowest BCUT2D eigenvalue weighted by atomic mass is 10.1. The first-order chi connectivity index (χ1) is 13.0. The van der Waals surface area contributed by atoms with Crippen molar-refractivity contribution in [2.45, 2.75) is 20.3 Å². The summed E-state index contributed by atoms with van der Waals surface area (Å²) in [4.78, 5) is 35.4. The van der Waals surface area contributed by atoms with Gasteiger partial charge >= 0.3 is 5.97 Å². The van der Waals surface area contributed by atoms with Crippen LogP contribution in [-0.4, -0.2) is 31.0 Å². The first-order valence-electron chi connectivity index (χ1n) is 8.55. The highest BCUT2D eigenvalue weighted by molar-refractivity contribution is 5.95. The van der Waals surface area contributed by atoms with Gasteiger partial charge in [0.1, 0.15) is 5.75 Å². The van der Waals surface area contributed by atoms with E-state index in [4.69, 9.17) is 9.47 Å². The molecule has 2 N–H and O–H groups in total. The van der Waals surface area contributed by atoms with Crippen molar-refractivity contribution in [2.24, 2.45) is 0 Å². The molecule has 7 heteroatoms. The Morgan fingerprint density at radius 2 is 1.52 bits per heavy atom. The third-order valence-corrected chi connectivity index (χ3v) is 3.53. The molecule has 2 aromatic carbocycles. The predicted octanol–water partition coefficient (Wildman–Crippen LogP) is 2.40. The Morgan fingerprint density at radius 3 is 2.15 bits per heavy atom. The van der Waals surface area contributed by atoms with E-state index < -0.39 is 17.8 Å². The molecule has 0 unspecified atom stereocenters. The zero-order valence-corrected chi connectivity index (χ0v) is 15.3. The van der Waals surface area contributed by atoms with Crippen LogP contribution in [0.25, 0.3) is 0 Å². The van der Waals surface area contributed by atoms with E-state index >= 15 is 0 Å². The van der Waals surface area contributed by atoms with Crippen LogP contribution in [0.3, 0.4) is 0 Å². The smallest absolute Gasteiger partial charge is 0.338 e. The van der Waals surface area contributed by atoms with Gasteiger partial charge in [0.15, 0.2) is 6.61 Å². The molecule has 142 valence electrons. The number of hydrogen-bond acceptors (Lipinski definition) is 5. The topological polar surface area (TPSA) is 93.7 Å². The molecule has 0 aliphatic carbocycles. The van der Waals surface area contributed by atoms with E-state index in [1.165, 1.54) is 0 Å². The number of ether oxygens (including phenoxy) is 2. The van der Waals surface area contributed by atoms with Gasteiger partial charge in [-0.3, -0.25) is 20.4 Å². The van der Waals surface area contributed by atoms with Gasteiger partial charge in [-0.25, -0.2) is 4.79 Å². The fourth-order valence-electron chi connectivity index (χ4n) is 2.05. The normalized spacial score (nSPS) is 10.0. The predicted molar refractivity (Wildman–Crippen MR) is 99.3 cm³/mol. The van der Waals surface area contributed by atoms with Crippen molar-refractivity contribution in [2.75, 3.05) is 13.2 Å². The summed E-state index contributed by atoms with van der Waals surface area (Å²) in [7, 11) is 0. The maximum absolute atomic E-state index is 11.9. The van der Waals surface area contributed by atoms with Gasteiger partial charge in [-0.05, 0) is 49.7 Å². The first kappa shape index (κ1) is 20.0. The van der Waals surface area contributed by atoms with E-state index in [0.717, 1.165) is 12.0 Å². The van der Waals surface area contributed by atoms with E-state index in [1.807, 2.05) is 26.0 Å². The maximum Gasteiger partial charge on any atom is 0.338 e. The van der Waals surface area contributed by atoms with Crippen molar-refractivity contribution in [3.8, 4) is 5.75 Å². The molecule has 0 aliphatic heterocycles. The summed E-state index contributed by atoms with van der Waals surface area (Å²) in [6.07, 6.45) is 0.752. The van der Waals surface area contributed by atoms with Crippen LogP contribution in [0.15, 0.2) is 48.5 Å². The van der Waals surface area contributed by atoms with Crippen molar-refractivity contribution < 1.29 is 23.9 Å². The molecule has 0 radical (unpaired) electrons. The fourth-order valence-corrected chi connectivity index (χ4v) is 2.05. The highest BCUT2D eigenvalue weighted by atomic mass is 16.5. The van der Waals surface area contributed by atoms with Crippen LogP contribution in [0.2, 0.25) is 0 Å². The molecule has 27 heavy (non-hydrogen) atoms. The highest BCUT2D eigenvalue weighted by Crippen LogP contribution is 2.13. The summed E-state index contributed by atoms with van der Waals surface area (Å²) in [6.45, 7) is 3.92. The maximum atomic E-state index is 11.9. The van der Waals surface area contributed by atoms with Gasteiger partial charge in [-0.15, -0.1) is 0 Å². The zero-order valence-electron chi connectivity index (χ0n) is 15.3. The van der Waals surface area contributed by atoms with E-state index in [0.29, 0.717) is 23.5 Å². The molecule has 2 rings (SSSR count). The van der Waals surface area contributed by atoms with Gasteiger partial charge in [0, 0.05) is 5.56 Å². The molecule has 0 heterocycles. The summed E-state index contributed by atoms with van der Waals surface area (Å²) in [6, 6.07) is 13.2. The van der Waals surface area contributed by atoms with E-state index in [2.05, 4.69) is 10.9 Å². The molecule has 0 bridgehead atoms. The lowest BCUT2D eigenvalue weighted by Crippen LogP contribution is -2.43. The van der Waals surface area contributed by atoms with Crippen LogP contribution in [0, 0.1) is 6.92 Å². The second kappa shape index (κ2) is 9.96. The summed E-state index contributed by atoms with van der Waals surface area (Å²) in [5, 5.41) is 0. The minimum atomic E-state index is -0.512. The van der Waals surface area contributed by atoms with Crippen molar-refractivity contribution in [1.82, 2.24) is 10.9 Å².